The highest BCUT2D eigenvalue weighted by Crippen LogP contribution is 2.22. The van der Waals surface area contributed by atoms with E-state index in [-0.39, 0.29) is 11.9 Å². The molecule has 2 heterocycles. The molecule has 2 aliphatic heterocycles. The number of hydrogen-bond donors (Lipinski definition) is 2. The van der Waals surface area contributed by atoms with Crippen LogP contribution in [0.1, 0.15) is 45.4 Å². The first-order valence-electron chi connectivity index (χ1n) is 7.44. The standard InChI is InChI=1S/C14H26N2O2/c1-2-13-11(7-9-18-13)10-16-14(17)12-6-4-3-5-8-15-12/h11-13,15H,2-10H2,1H3,(H,16,17). The van der Waals surface area contributed by atoms with E-state index in [1.807, 2.05) is 0 Å². The second-order valence-corrected chi connectivity index (χ2v) is 5.47. The van der Waals surface area contributed by atoms with Gasteiger partial charge in [-0.3, -0.25) is 4.79 Å². The Kier molecular flexibility index (Phi) is 5.45. The normalized spacial score (nSPS) is 33.1. The Labute approximate surface area is 110 Å². The number of carbonyl (C=O) groups is 1. The molecular formula is C14H26N2O2. The Morgan fingerprint density at radius 1 is 1.33 bits per heavy atom. The zero-order valence-corrected chi connectivity index (χ0v) is 11.4. The fourth-order valence-corrected chi connectivity index (χ4v) is 2.98. The number of nitrogens with one attached hydrogen (secondary N) is 2. The lowest BCUT2D eigenvalue weighted by Gasteiger charge is -2.20. The highest BCUT2D eigenvalue weighted by atomic mass is 16.5. The number of carbonyl (C=O) groups excluding carboxylic acids is 1. The van der Waals surface area contributed by atoms with Crippen molar-refractivity contribution in [3.63, 3.8) is 0 Å². The van der Waals surface area contributed by atoms with Crippen molar-refractivity contribution in [2.75, 3.05) is 19.7 Å². The first kappa shape index (κ1) is 13.8. The van der Waals surface area contributed by atoms with Crippen molar-refractivity contribution in [2.24, 2.45) is 5.92 Å². The van der Waals surface area contributed by atoms with E-state index in [4.69, 9.17) is 4.74 Å². The second-order valence-electron chi connectivity index (χ2n) is 5.47. The predicted octanol–water partition coefficient (Wildman–Crippen LogP) is 1.45. The molecule has 0 spiro atoms. The summed E-state index contributed by atoms with van der Waals surface area (Å²) in [6, 6.07) is 0.0231. The SMILES string of the molecule is CCC1OCCC1CNC(=O)C1CCCCCN1. The van der Waals surface area contributed by atoms with Gasteiger partial charge in [-0.2, -0.15) is 0 Å². The minimum absolute atomic E-state index is 0.0231. The fourth-order valence-electron chi connectivity index (χ4n) is 2.98. The molecule has 0 aromatic carbocycles. The fraction of sp³-hybridized carbons (Fsp3) is 0.929. The summed E-state index contributed by atoms with van der Waals surface area (Å²) in [6.45, 7) is 4.75. The van der Waals surface area contributed by atoms with Crippen molar-refractivity contribution >= 4 is 5.91 Å². The lowest BCUT2D eigenvalue weighted by Crippen LogP contribution is -2.45. The van der Waals surface area contributed by atoms with Crippen molar-refractivity contribution in [2.45, 2.75) is 57.6 Å². The summed E-state index contributed by atoms with van der Waals surface area (Å²) in [4.78, 5) is 12.1. The molecule has 4 nitrogen and oxygen atoms in total. The molecule has 2 saturated heterocycles. The van der Waals surface area contributed by atoms with Crippen molar-refractivity contribution < 1.29 is 9.53 Å². The van der Waals surface area contributed by atoms with Crippen LogP contribution in [0.5, 0.6) is 0 Å². The minimum Gasteiger partial charge on any atom is -0.378 e. The van der Waals surface area contributed by atoms with Crippen LogP contribution >= 0.6 is 0 Å². The molecule has 0 radical (unpaired) electrons. The Morgan fingerprint density at radius 3 is 3.06 bits per heavy atom. The van der Waals surface area contributed by atoms with Gasteiger partial charge in [-0.25, -0.2) is 0 Å². The maximum Gasteiger partial charge on any atom is 0.237 e. The highest BCUT2D eigenvalue weighted by Gasteiger charge is 2.28. The van der Waals surface area contributed by atoms with E-state index < -0.39 is 0 Å². The Hall–Kier alpha value is -0.610. The average molecular weight is 254 g/mol. The second kappa shape index (κ2) is 7.10. The summed E-state index contributed by atoms with van der Waals surface area (Å²) in [5.41, 5.74) is 0. The van der Waals surface area contributed by atoms with Crippen LogP contribution in [0.15, 0.2) is 0 Å². The molecule has 0 saturated carbocycles. The Bertz CT molecular complexity index is 263. The van der Waals surface area contributed by atoms with Crippen molar-refractivity contribution in [1.29, 1.82) is 0 Å². The Balaban J connectivity index is 1.73. The van der Waals surface area contributed by atoms with Crippen molar-refractivity contribution in [3.8, 4) is 0 Å². The molecule has 2 fully saturated rings. The van der Waals surface area contributed by atoms with E-state index >= 15 is 0 Å². The van der Waals surface area contributed by atoms with E-state index in [0.717, 1.165) is 45.4 Å². The summed E-state index contributed by atoms with van der Waals surface area (Å²) in [7, 11) is 0. The molecule has 3 unspecified atom stereocenters. The minimum atomic E-state index is 0.0231. The third kappa shape index (κ3) is 3.69. The van der Waals surface area contributed by atoms with Crippen LogP contribution < -0.4 is 10.6 Å². The largest absolute Gasteiger partial charge is 0.378 e. The Morgan fingerprint density at radius 2 is 2.22 bits per heavy atom. The van der Waals surface area contributed by atoms with E-state index in [9.17, 15) is 4.79 Å². The molecule has 0 aromatic rings. The molecule has 0 aliphatic carbocycles. The number of rotatable bonds is 4. The highest BCUT2D eigenvalue weighted by molar-refractivity contribution is 5.81. The lowest BCUT2D eigenvalue weighted by molar-refractivity contribution is -0.123. The van der Waals surface area contributed by atoms with Crippen LogP contribution in [0.25, 0.3) is 0 Å². The van der Waals surface area contributed by atoms with E-state index in [1.165, 1.54) is 12.8 Å². The van der Waals surface area contributed by atoms with Gasteiger partial charge in [0.15, 0.2) is 0 Å². The number of hydrogen-bond acceptors (Lipinski definition) is 3. The molecule has 1 amide bonds. The molecule has 2 aliphatic rings. The van der Waals surface area contributed by atoms with Gasteiger partial charge < -0.3 is 15.4 Å². The van der Waals surface area contributed by atoms with Gasteiger partial charge in [0.25, 0.3) is 0 Å². The van der Waals surface area contributed by atoms with Gasteiger partial charge in [0.2, 0.25) is 5.91 Å². The monoisotopic (exact) mass is 254 g/mol. The summed E-state index contributed by atoms with van der Waals surface area (Å²) in [6.07, 6.45) is 7.04. The van der Waals surface area contributed by atoms with Crippen LogP contribution in [-0.4, -0.2) is 37.7 Å². The van der Waals surface area contributed by atoms with Crippen LogP contribution in [0.2, 0.25) is 0 Å². The van der Waals surface area contributed by atoms with Crippen LogP contribution in [-0.2, 0) is 9.53 Å². The smallest absolute Gasteiger partial charge is 0.237 e. The zero-order chi connectivity index (χ0) is 12.8. The maximum atomic E-state index is 12.1. The third-order valence-corrected chi connectivity index (χ3v) is 4.16. The van der Waals surface area contributed by atoms with Crippen molar-refractivity contribution in [1.82, 2.24) is 10.6 Å². The molecule has 18 heavy (non-hydrogen) atoms. The van der Waals surface area contributed by atoms with E-state index in [0.29, 0.717) is 12.0 Å². The first-order chi connectivity index (χ1) is 8.81. The van der Waals surface area contributed by atoms with Gasteiger partial charge in [-0.05, 0) is 32.2 Å². The molecule has 0 aromatic heterocycles. The lowest BCUT2D eigenvalue weighted by atomic mass is 9.99. The van der Waals surface area contributed by atoms with Crippen LogP contribution in [0, 0.1) is 5.92 Å². The third-order valence-electron chi connectivity index (χ3n) is 4.16. The van der Waals surface area contributed by atoms with Gasteiger partial charge >= 0.3 is 0 Å². The summed E-state index contributed by atoms with van der Waals surface area (Å²) < 4.78 is 5.65. The molecule has 2 N–H and O–H groups in total. The average Bonchev–Trinajstić information content (AvgIpc) is 2.67. The zero-order valence-electron chi connectivity index (χ0n) is 11.4. The predicted molar refractivity (Wildman–Crippen MR) is 71.4 cm³/mol. The molecule has 3 atom stereocenters. The maximum absolute atomic E-state index is 12.1. The molecular weight excluding hydrogens is 228 g/mol. The number of amides is 1. The van der Waals surface area contributed by atoms with Gasteiger partial charge in [0.05, 0.1) is 12.1 Å². The van der Waals surface area contributed by atoms with Gasteiger partial charge in [0.1, 0.15) is 0 Å². The molecule has 2 rings (SSSR count). The van der Waals surface area contributed by atoms with Crippen LogP contribution in [0.3, 0.4) is 0 Å². The van der Waals surface area contributed by atoms with Crippen LogP contribution in [0.4, 0.5) is 0 Å². The summed E-state index contributed by atoms with van der Waals surface area (Å²) >= 11 is 0. The van der Waals surface area contributed by atoms with Crippen molar-refractivity contribution in [3.05, 3.63) is 0 Å². The first-order valence-corrected chi connectivity index (χ1v) is 7.44. The molecule has 0 bridgehead atoms. The quantitative estimate of drug-likeness (QED) is 0.798. The van der Waals surface area contributed by atoms with Gasteiger partial charge in [0, 0.05) is 19.1 Å². The number of ether oxygens (including phenoxy) is 1. The summed E-state index contributed by atoms with van der Waals surface area (Å²) in [5, 5.41) is 6.44. The molecule has 104 valence electrons. The van der Waals surface area contributed by atoms with Gasteiger partial charge in [-0.1, -0.05) is 19.8 Å². The van der Waals surface area contributed by atoms with E-state index in [2.05, 4.69) is 17.6 Å². The van der Waals surface area contributed by atoms with Gasteiger partial charge in [-0.15, -0.1) is 0 Å². The van der Waals surface area contributed by atoms with E-state index in [1.54, 1.807) is 0 Å². The topological polar surface area (TPSA) is 50.4 Å². The molecule has 4 heteroatoms. The summed E-state index contributed by atoms with van der Waals surface area (Å²) in [5.74, 6) is 0.684.